The van der Waals surface area contributed by atoms with Gasteiger partial charge in [0, 0.05) is 10.2 Å². The first-order chi connectivity index (χ1) is 3.39. The zero-order chi connectivity index (χ0) is 5.11. The standard InChI is InChI=1S/C3H5ClS3/c4-3-6-1-5-2-7-3/h3H,1-2H2. The lowest BCUT2D eigenvalue weighted by Gasteiger charge is -2.12. The molecule has 0 amide bonds. The molecule has 0 radical (unpaired) electrons. The lowest BCUT2D eigenvalue weighted by atomic mass is 11.8. The summed E-state index contributed by atoms with van der Waals surface area (Å²) in [5, 5.41) is 2.34. The SMILES string of the molecule is ClC1SCSCS1. The lowest BCUT2D eigenvalue weighted by molar-refractivity contribution is 1.92. The summed E-state index contributed by atoms with van der Waals surface area (Å²) < 4.78 is 0.321. The molecule has 1 heterocycles. The van der Waals surface area contributed by atoms with Crippen molar-refractivity contribution in [1.29, 1.82) is 0 Å². The van der Waals surface area contributed by atoms with Gasteiger partial charge in [0.1, 0.15) is 4.04 Å². The molecule has 4 heteroatoms. The predicted molar refractivity (Wildman–Crippen MR) is 42.1 cm³/mol. The number of rotatable bonds is 0. The Morgan fingerprint density at radius 2 is 1.86 bits per heavy atom. The largest absolute Gasteiger partial charge is 0.140 e. The second-order valence-corrected chi connectivity index (χ2v) is 6.20. The maximum atomic E-state index is 5.73. The van der Waals surface area contributed by atoms with Gasteiger partial charge in [-0.15, -0.1) is 35.3 Å². The van der Waals surface area contributed by atoms with Crippen LogP contribution in [-0.2, 0) is 0 Å². The van der Waals surface area contributed by atoms with Crippen molar-refractivity contribution in [3.8, 4) is 0 Å². The quantitative estimate of drug-likeness (QED) is 0.516. The molecule has 0 aromatic heterocycles. The Morgan fingerprint density at radius 3 is 2.14 bits per heavy atom. The summed E-state index contributed by atoms with van der Waals surface area (Å²) in [6.45, 7) is 0. The molecule has 0 saturated carbocycles. The van der Waals surface area contributed by atoms with E-state index in [0.29, 0.717) is 4.04 Å². The highest BCUT2D eigenvalue weighted by Crippen LogP contribution is 2.37. The summed E-state index contributed by atoms with van der Waals surface area (Å²) in [6.07, 6.45) is 0. The average Bonchev–Trinajstić information content (AvgIpc) is 1.69. The van der Waals surface area contributed by atoms with Gasteiger partial charge in [-0.05, 0) is 0 Å². The molecule has 7 heavy (non-hydrogen) atoms. The van der Waals surface area contributed by atoms with Crippen LogP contribution in [0.15, 0.2) is 0 Å². The smallest absolute Gasteiger partial charge is 0.126 e. The van der Waals surface area contributed by atoms with Crippen molar-refractivity contribution in [3.05, 3.63) is 0 Å². The molecule has 0 aliphatic carbocycles. The predicted octanol–water partition coefficient (Wildman–Crippen LogP) is 2.64. The maximum Gasteiger partial charge on any atom is 0.126 e. The fourth-order valence-electron chi connectivity index (χ4n) is 0.285. The van der Waals surface area contributed by atoms with Gasteiger partial charge in [0.2, 0.25) is 0 Å². The molecular weight excluding hydrogens is 168 g/mol. The minimum atomic E-state index is 0.321. The van der Waals surface area contributed by atoms with Crippen LogP contribution in [0.25, 0.3) is 0 Å². The fourth-order valence-corrected chi connectivity index (χ4v) is 5.11. The second-order valence-electron chi connectivity index (χ2n) is 1.05. The third-order valence-corrected chi connectivity index (χ3v) is 5.08. The average molecular weight is 173 g/mol. The van der Waals surface area contributed by atoms with Crippen molar-refractivity contribution in [3.63, 3.8) is 0 Å². The van der Waals surface area contributed by atoms with E-state index in [1.165, 1.54) is 10.2 Å². The number of hydrogen-bond acceptors (Lipinski definition) is 3. The van der Waals surface area contributed by atoms with Crippen LogP contribution < -0.4 is 0 Å². The first-order valence-electron chi connectivity index (χ1n) is 1.84. The molecule has 42 valence electrons. The van der Waals surface area contributed by atoms with Crippen molar-refractivity contribution in [2.45, 2.75) is 4.04 Å². The molecule has 0 nitrogen and oxygen atoms in total. The van der Waals surface area contributed by atoms with Crippen molar-refractivity contribution in [2.24, 2.45) is 0 Å². The zero-order valence-electron chi connectivity index (χ0n) is 3.59. The van der Waals surface area contributed by atoms with Crippen LogP contribution in [0, 0.1) is 0 Å². The molecular formula is C3H5ClS3. The molecule has 0 aromatic carbocycles. The van der Waals surface area contributed by atoms with Gasteiger partial charge in [0.15, 0.2) is 0 Å². The molecule has 1 rings (SSSR count). The summed E-state index contributed by atoms with van der Waals surface area (Å²) in [5.74, 6) is 0. The third kappa shape index (κ3) is 2.40. The van der Waals surface area contributed by atoms with E-state index in [2.05, 4.69) is 0 Å². The van der Waals surface area contributed by atoms with Gasteiger partial charge >= 0.3 is 0 Å². The fraction of sp³-hybridized carbons (Fsp3) is 1.00. The van der Waals surface area contributed by atoms with Crippen LogP contribution in [0.5, 0.6) is 0 Å². The first-order valence-corrected chi connectivity index (χ1v) is 5.53. The minimum absolute atomic E-state index is 0.321. The highest BCUT2D eigenvalue weighted by molar-refractivity contribution is 8.33. The van der Waals surface area contributed by atoms with Crippen molar-refractivity contribution in [2.75, 3.05) is 10.2 Å². The minimum Gasteiger partial charge on any atom is -0.140 e. The molecule has 0 N–H and O–H groups in total. The first kappa shape index (κ1) is 6.46. The van der Waals surface area contributed by atoms with E-state index in [4.69, 9.17) is 11.6 Å². The third-order valence-electron chi connectivity index (χ3n) is 0.565. The van der Waals surface area contributed by atoms with Crippen molar-refractivity contribution in [1.82, 2.24) is 0 Å². The molecule has 0 bridgehead atoms. The highest BCUT2D eigenvalue weighted by atomic mass is 35.5. The Kier molecular flexibility index (Phi) is 3.12. The normalized spacial score (nSPS) is 25.3. The lowest BCUT2D eigenvalue weighted by Crippen LogP contribution is -1.92. The van der Waals surface area contributed by atoms with Crippen molar-refractivity contribution < 1.29 is 0 Å². The summed E-state index contributed by atoms with van der Waals surface area (Å²) in [7, 11) is 0. The molecule has 0 aromatic rings. The summed E-state index contributed by atoms with van der Waals surface area (Å²) in [5.41, 5.74) is 0. The van der Waals surface area contributed by atoms with Crippen LogP contribution in [0.1, 0.15) is 0 Å². The van der Waals surface area contributed by atoms with E-state index >= 15 is 0 Å². The highest BCUT2D eigenvalue weighted by Gasteiger charge is 2.09. The summed E-state index contributed by atoms with van der Waals surface area (Å²) >= 11 is 11.3. The zero-order valence-corrected chi connectivity index (χ0v) is 6.80. The number of alkyl halides is 1. The van der Waals surface area contributed by atoms with Gasteiger partial charge in [0.25, 0.3) is 0 Å². The van der Waals surface area contributed by atoms with Gasteiger partial charge in [-0.3, -0.25) is 0 Å². The molecule has 0 atom stereocenters. The van der Waals surface area contributed by atoms with E-state index in [0.717, 1.165) is 0 Å². The number of thioether (sulfide) groups is 3. The van der Waals surface area contributed by atoms with Crippen LogP contribution in [0.2, 0.25) is 0 Å². The molecule has 1 aliphatic heterocycles. The van der Waals surface area contributed by atoms with Crippen LogP contribution in [0.3, 0.4) is 0 Å². The van der Waals surface area contributed by atoms with E-state index < -0.39 is 0 Å². The van der Waals surface area contributed by atoms with Gasteiger partial charge in [-0.25, -0.2) is 0 Å². The second kappa shape index (κ2) is 3.38. The Balaban J connectivity index is 2.12. The van der Waals surface area contributed by atoms with Gasteiger partial charge < -0.3 is 0 Å². The van der Waals surface area contributed by atoms with Crippen LogP contribution in [0.4, 0.5) is 0 Å². The number of hydrogen-bond donors (Lipinski definition) is 0. The van der Waals surface area contributed by atoms with Gasteiger partial charge in [0.05, 0.1) is 0 Å². The van der Waals surface area contributed by atoms with E-state index in [-0.39, 0.29) is 0 Å². The van der Waals surface area contributed by atoms with Crippen molar-refractivity contribution >= 4 is 46.9 Å². The molecule has 1 fully saturated rings. The van der Waals surface area contributed by atoms with E-state index in [1.54, 1.807) is 0 Å². The Hall–Kier alpha value is 1.34. The summed E-state index contributed by atoms with van der Waals surface area (Å²) in [4.78, 5) is 0. The Bertz CT molecular complexity index is 52.1. The topological polar surface area (TPSA) is 0 Å². The molecule has 0 unspecified atom stereocenters. The Labute approximate surface area is 61.1 Å². The van der Waals surface area contributed by atoms with Gasteiger partial charge in [-0.2, -0.15) is 0 Å². The van der Waals surface area contributed by atoms with Crippen LogP contribution in [-0.4, -0.2) is 14.2 Å². The van der Waals surface area contributed by atoms with Gasteiger partial charge in [-0.1, -0.05) is 11.6 Å². The molecule has 0 spiro atoms. The molecule has 1 aliphatic rings. The summed E-state index contributed by atoms with van der Waals surface area (Å²) in [6, 6.07) is 0. The number of halogens is 1. The van der Waals surface area contributed by atoms with E-state index in [1.807, 2.05) is 35.3 Å². The maximum absolute atomic E-state index is 5.73. The monoisotopic (exact) mass is 172 g/mol. The van der Waals surface area contributed by atoms with E-state index in [9.17, 15) is 0 Å². The Morgan fingerprint density at radius 1 is 1.29 bits per heavy atom. The molecule has 1 saturated heterocycles. The van der Waals surface area contributed by atoms with Crippen LogP contribution >= 0.6 is 46.9 Å².